The van der Waals surface area contributed by atoms with Gasteiger partial charge in [-0.15, -0.1) is 0 Å². The molecule has 0 radical (unpaired) electrons. The molecule has 0 bridgehead atoms. The van der Waals surface area contributed by atoms with Crippen molar-refractivity contribution in [2.45, 2.75) is 91.4 Å². The lowest BCUT2D eigenvalue weighted by atomic mass is 10.2. The summed E-state index contributed by atoms with van der Waals surface area (Å²) in [5.74, 6) is 1.62. The van der Waals surface area contributed by atoms with Gasteiger partial charge in [-0.1, -0.05) is 89.8 Å². The lowest BCUT2D eigenvalue weighted by molar-refractivity contribution is 0.0272. The molecular weight excluding hydrogens is 590 g/mol. The summed E-state index contributed by atoms with van der Waals surface area (Å²) in [7, 11) is -4.51. The first-order chi connectivity index (χ1) is 21.4. The highest BCUT2D eigenvalue weighted by Gasteiger charge is 2.24. The predicted molar refractivity (Wildman–Crippen MR) is 187 cm³/mol. The van der Waals surface area contributed by atoms with Crippen LogP contribution in [0.4, 0.5) is 0 Å². The minimum Gasteiger partial charge on any atom is -0.491 e. The molecule has 0 aliphatic heterocycles. The molecule has 6 nitrogen and oxygen atoms in total. The Hall–Kier alpha value is -1.58. The molecule has 250 valence electrons. The Kier molecular flexibility index (Phi) is 20.0. The highest BCUT2D eigenvalue weighted by molar-refractivity contribution is 7.63. The Morgan fingerprint density at radius 2 is 0.795 bits per heavy atom. The van der Waals surface area contributed by atoms with Gasteiger partial charge in [0.25, 0.3) is 0 Å². The summed E-state index contributed by atoms with van der Waals surface area (Å²) >= 11 is 0. The number of hydrogen-bond donors (Lipinski definition) is 0. The smallest absolute Gasteiger partial charge is 0.123 e. The minimum absolute atomic E-state index is 0.436. The molecule has 8 heteroatoms. The van der Waals surface area contributed by atoms with Gasteiger partial charge in [-0.3, -0.25) is 0 Å². The largest absolute Gasteiger partial charge is 0.491 e. The molecule has 0 heterocycles. The molecule has 44 heavy (non-hydrogen) atoms. The SMILES string of the molecule is CCCCP(=O)(CCCC)Cc1ccccc1OCCOCCOCCOc1ccccc1CP(=O)(CCCC)CCCC. The zero-order valence-corrected chi connectivity index (χ0v) is 29.9. The number of unbranched alkanes of at least 4 members (excludes halogenated alkanes) is 4. The highest BCUT2D eigenvalue weighted by Crippen LogP contribution is 2.52. The van der Waals surface area contributed by atoms with Crippen LogP contribution in [0, 0.1) is 0 Å². The fourth-order valence-corrected chi connectivity index (χ4v) is 11.7. The molecule has 0 amide bonds. The fraction of sp³-hybridized carbons (Fsp3) is 0.667. The molecule has 2 rings (SSSR count). The Labute approximate surface area is 268 Å². The van der Waals surface area contributed by atoms with E-state index >= 15 is 0 Å². The van der Waals surface area contributed by atoms with Crippen molar-refractivity contribution in [2.24, 2.45) is 0 Å². The molecule has 2 aromatic carbocycles. The minimum atomic E-state index is -2.26. The maximum absolute atomic E-state index is 13.7. The van der Waals surface area contributed by atoms with Gasteiger partial charge >= 0.3 is 0 Å². The first-order valence-electron chi connectivity index (χ1n) is 17.1. The lowest BCUT2D eigenvalue weighted by Gasteiger charge is -2.20. The standard InChI is InChI=1S/C36H60O6P2/c1-5-9-27-43(37,28-10-6-2)31-33-17-13-15-19-35(33)41-25-23-39-21-22-40-24-26-42-36-20-16-14-18-34(36)32-44(38,29-11-7-3)30-12-8-4/h13-20H,5-12,21-32H2,1-4H3. The molecular formula is C36H60O6P2. The Morgan fingerprint density at radius 3 is 1.14 bits per heavy atom. The summed E-state index contributed by atoms with van der Waals surface area (Å²) in [6.45, 7) is 11.4. The first kappa shape index (κ1) is 38.6. The van der Waals surface area contributed by atoms with E-state index in [0.29, 0.717) is 52.0 Å². The van der Waals surface area contributed by atoms with Gasteiger partial charge < -0.3 is 28.1 Å². The Morgan fingerprint density at radius 1 is 0.477 bits per heavy atom. The Bertz CT molecular complexity index is 1010. The summed E-state index contributed by atoms with van der Waals surface area (Å²) in [5.41, 5.74) is 2.08. The van der Waals surface area contributed by atoms with Crippen molar-refractivity contribution in [3.05, 3.63) is 59.7 Å². The van der Waals surface area contributed by atoms with Crippen LogP contribution in [0.2, 0.25) is 0 Å². The van der Waals surface area contributed by atoms with Crippen LogP contribution in [0.1, 0.15) is 90.2 Å². The fourth-order valence-electron chi connectivity index (χ4n) is 5.24. The average molecular weight is 651 g/mol. The van der Waals surface area contributed by atoms with Gasteiger partial charge in [0.05, 0.1) is 40.7 Å². The second-order valence-corrected chi connectivity index (χ2v) is 18.5. The summed E-state index contributed by atoms with van der Waals surface area (Å²) in [4.78, 5) is 0. The number of hydrogen-bond acceptors (Lipinski definition) is 6. The molecule has 0 N–H and O–H groups in total. The third kappa shape index (κ3) is 15.6. The summed E-state index contributed by atoms with van der Waals surface area (Å²) in [5, 5.41) is 0. The van der Waals surface area contributed by atoms with Crippen LogP contribution in [-0.4, -0.2) is 64.3 Å². The van der Waals surface area contributed by atoms with E-state index in [4.69, 9.17) is 18.9 Å². The third-order valence-electron chi connectivity index (χ3n) is 7.88. The van der Waals surface area contributed by atoms with E-state index < -0.39 is 14.3 Å². The first-order valence-corrected chi connectivity index (χ1v) is 21.6. The molecule has 2 aromatic rings. The van der Waals surface area contributed by atoms with Crippen LogP contribution in [0.25, 0.3) is 0 Å². The molecule has 0 aromatic heterocycles. The average Bonchev–Trinajstić information content (AvgIpc) is 3.03. The molecule has 0 fully saturated rings. The molecule has 0 aliphatic carbocycles. The van der Waals surface area contributed by atoms with Gasteiger partial charge in [0.2, 0.25) is 0 Å². The van der Waals surface area contributed by atoms with Gasteiger partial charge in [0, 0.05) is 48.1 Å². The zero-order chi connectivity index (χ0) is 31.9. The van der Waals surface area contributed by atoms with Crippen molar-refractivity contribution < 1.29 is 28.1 Å². The van der Waals surface area contributed by atoms with Crippen molar-refractivity contribution in [1.82, 2.24) is 0 Å². The van der Waals surface area contributed by atoms with Crippen molar-refractivity contribution in [3.8, 4) is 11.5 Å². The topological polar surface area (TPSA) is 71.1 Å². The maximum Gasteiger partial charge on any atom is 0.123 e. The summed E-state index contributed by atoms with van der Waals surface area (Å²) in [6, 6.07) is 16.0. The number of para-hydroxylation sites is 2. The molecule has 0 atom stereocenters. The van der Waals surface area contributed by atoms with Crippen molar-refractivity contribution in [2.75, 3.05) is 64.3 Å². The van der Waals surface area contributed by atoms with E-state index in [1.165, 1.54) is 0 Å². The van der Waals surface area contributed by atoms with Gasteiger partial charge in [0.1, 0.15) is 24.7 Å². The van der Waals surface area contributed by atoms with Gasteiger partial charge in [-0.25, -0.2) is 0 Å². The highest BCUT2D eigenvalue weighted by atomic mass is 31.2. The zero-order valence-electron chi connectivity index (χ0n) is 28.1. The summed E-state index contributed by atoms with van der Waals surface area (Å²) in [6.07, 6.45) is 12.8. The second-order valence-electron chi connectivity index (χ2n) is 11.9. The van der Waals surface area contributed by atoms with E-state index in [1.54, 1.807) is 0 Å². The number of benzene rings is 2. The normalized spacial score (nSPS) is 12.0. The van der Waals surface area contributed by atoms with Crippen LogP contribution in [-0.2, 0) is 30.9 Å². The second kappa shape index (κ2) is 22.8. The molecule has 0 saturated carbocycles. The number of rotatable bonds is 27. The molecule has 0 saturated heterocycles. The van der Waals surface area contributed by atoms with Crippen molar-refractivity contribution >= 4 is 14.3 Å². The maximum atomic E-state index is 13.7. The molecule has 0 unspecified atom stereocenters. The van der Waals surface area contributed by atoms with Crippen molar-refractivity contribution in [1.29, 1.82) is 0 Å². The van der Waals surface area contributed by atoms with Crippen LogP contribution < -0.4 is 9.47 Å². The predicted octanol–water partition coefficient (Wildman–Crippen LogP) is 10.1. The Balaban J connectivity index is 1.70. The third-order valence-corrected chi connectivity index (χ3v) is 14.2. The van der Waals surface area contributed by atoms with Crippen LogP contribution >= 0.6 is 14.3 Å². The van der Waals surface area contributed by atoms with E-state index in [1.807, 2.05) is 48.5 Å². The lowest BCUT2D eigenvalue weighted by Crippen LogP contribution is -2.14. The van der Waals surface area contributed by atoms with Gasteiger partial charge in [0.15, 0.2) is 0 Å². The van der Waals surface area contributed by atoms with Gasteiger partial charge in [-0.2, -0.15) is 0 Å². The van der Waals surface area contributed by atoms with E-state index in [0.717, 1.165) is 98.6 Å². The van der Waals surface area contributed by atoms with Gasteiger partial charge in [-0.05, 0) is 37.8 Å². The summed E-state index contributed by atoms with van der Waals surface area (Å²) < 4.78 is 50.9. The molecule has 0 aliphatic rings. The quantitative estimate of drug-likeness (QED) is 0.0708. The monoisotopic (exact) mass is 650 g/mol. The number of ether oxygens (including phenoxy) is 4. The van der Waals surface area contributed by atoms with E-state index in [2.05, 4.69) is 27.7 Å². The van der Waals surface area contributed by atoms with Crippen molar-refractivity contribution in [3.63, 3.8) is 0 Å². The molecule has 0 spiro atoms. The van der Waals surface area contributed by atoms with E-state index in [-0.39, 0.29) is 0 Å². The van der Waals surface area contributed by atoms with Crippen LogP contribution in [0.5, 0.6) is 11.5 Å². The van der Waals surface area contributed by atoms with Crippen LogP contribution in [0.15, 0.2) is 48.5 Å². The van der Waals surface area contributed by atoms with E-state index in [9.17, 15) is 9.13 Å². The van der Waals surface area contributed by atoms with Crippen LogP contribution in [0.3, 0.4) is 0 Å².